The Morgan fingerprint density at radius 1 is 1.11 bits per heavy atom. The Hall–Kier alpha value is -1.98. The maximum absolute atomic E-state index is 5.39. The minimum atomic E-state index is 0.0709. The normalized spacial score (nSPS) is 13.8. The van der Waals surface area contributed by atoms with Crippen molar-refractivity contribution < 1.29 is 4.74 Å². The molecule has 19 heavy (non-hydrogen) atoms. The Balaban J connectivity index is 2.29. The third-order valence-corrected chi connectivity index (χ3v) is 3.32. The molecule has 0 saturated carbocycles. The summed E-state index contributed by atoms with van der Waals surface area (Å²) in [6, 6.07) is 12.8. The first-order valence-corrected chi connectivity index (χ1v) is 6.44. The number of ether oxygens (including phenoxy) is 1. The van der Waals surface area contributed by atoms with E-state index in [0.29, 0.717) is 0 Å². The maximum atomic E-state index is 5.39. The van der Waals surface area contributed by atoms with E-state index in [0.717, 1.165) is 5.75 Å². The van der Waals surface area contributed by atoms with Gasteiger partial charge in [0.1, 0.15) is 5.75 Å². The summed E-state index contributed by atoms with van der Waals surface area (Å²) in [7, 11) is 1.68. The number of rotatable bonds is 4. The lowest BCUT2D eigenvalue weighted by Gasteiger charge is -2.17. The first-order chi connectivity index (χ1) is 9.13. The summed E-state index contributed by atoms with van der Waals surface area (Å²) in [6.45, 7) is 4.11. The van der Waals surface area contributed by atoms with Gasteiger partial charge in [-0.15, -0.1) is 6.42 Å². The zero-order valence-electron chi connectivity index (χ0n) is 11.6. The molecule has 0 radical (unpaired) electrons. The Labute approximate surface area is 114 Å². The average Bonchev–Trinajstić information content (AvgIpc) is 2.45. The number of methoxy groups -OCH3 is 1. The van der Waals surface area contributed by atoms with Crippen LogP contribution in [0.4, 0.5) is 0 Å². The summed E-state index contributed by atoms with van der Waals surface area (Å²) >= 11 is 0. The van der Waals surface area contributed by atoms with Gasteiger partial charge in [-0.05, 0) is 48.4 Å². The van der Waals surface area contributed by atoms with Crippen LogP contribution in [0.25, 0.3) is 10.8 Å². The topological polar surface area (TPSA) is 21.3 Å². The molecule has 0 aromatic heterocycles. The van der Waals surface area contributed by atoms with Gasteiger partial charge in [0.25, 0.3) is 0 Å². The van der Waals surface area contributed by atoms with Crippen LogP contribution in [0.3, 0.4) is 0 Å². The van der Waals surface area contributed by atoms with Crippen LogP contribution in [-0.2, 0) is 0 Å². The minimum absolute atomic E-state index is 0.0709. The van der Waals surface area contributed by atoms with Crippen LogP contribution in [0.15, 0.2) is 36.4 Å². The number of fused-ring (bicyclic) bond motifs is 1. The van der Waals surface area contributed by atoms with E-state index >= 15 is 0 Å². The third kappa shape index (κ3) is 3.07. The second-order valence-electron chi connectivity index (χ2n) is 4.75. The average molecular weight is 253 g/mol. The predicted molar refractivity (Wildman–Crippen MR) is 80.3 cm³/mol. The van der Waals surface area contributed by atoms with Gasteiger partial charge in [0.2, 0.25) is 0 Å². The molecule has 2 rings (SSSR count). The predicted octanol–water partition coefficient (Wildman–Crippen LogP) is 3.52. The highest BCUT2D eigenvalue weighted by molar-refractivity contribution is 5.84. The van der Waals surface area contributed by atoms with Gasteiger partial charge < -0.3 is 4.74 Å². The van der Waals surface area contributed by atoms with Crippen molar-refractivity contribution in [2.45, 2.75) is 25.9 Å². The Morgan fingerprint density at radius 3 is 2.47 bits per heavy atom. The molecule has 1 N–H and O–H groups in total. The molecule has 2 aromatic rings. The van der Waals surface area contributed by atoms with Gasteiger partial charge >= 0.3 is 0 Å². The van der Waals surface area contributed by atoms with Crippen molar-refractivity contribution in [1.82, 2.24) is 5.32 Å². The van der Waals surface area contributed by atoms with Gasteiger partial charge in [-0.3, -0.25) is 5.32 Å². The zero-order chi connectivity index (χ0) is 13.8. The number of terminal acetylenes is 1. The standard InChI is InChI=1S/C17H19NO/c1-5-12(2)18-13(3)14-6-7-16-11-17(19-4)9-8-15(16)10-14/h1,6-13,18H,2-4H3. The van der Waals surface area contributed by atoms with Crippen LogP contribution >= 0.6 is 0 Å². The first kappa shape index (κ1) is 13.5. The van der Waals surface area contributed by atoms with E-state index < -0.39 is 0 Å². The summed E-state index contributed by atoms with van der Waals surface area (Å²) in [5.74, 6) is 3.57. The highest BCUT2D eigenvalue weighted by Crippen LogP contribution is 2.24. The van der Waals surface area contributed by atoms with E-state index in [1.165, 1.54) is 16.3 Å². The second kappa shape index (κ2) is 5.77. The van der Waals surface area contributed by atoms with Crippen LogP contribution in [0.5, 0.6) is 5.75 Å². The lowest BCUT2D eigenvalue weighted by Crippen LogP contribution is -2.27. The molecule has 0 heterocycles. The molecule has 2 aromatic carbocycles. The van der Waals surface area contributed by atoms with E-state index in [1.54, 1.807) is 7.11 Å². The van der Waals surface area contributed by atoms with Crippen LogP contribution in [0.1, 0.15) is 25.5 Å². The second-order valence-corrected chi connectivity index (χ2v) is 4.75. The van der Waals surface area contributed by atoms with Gasteiger partial charge in [-0.1, -0.05) is 24.1 Å². The summed E-state index contributed by atoms with van der Waals surface area (Å²) in [4.78, 5) is 0. The van der Waals surface area contributed by atoms with Gasteiger partial charge in [0.05, 0.1) is 13.2 Å². The number of benzene rings is 2. The van der Waals surface area contributed by atoms with Crippen LogP contribution in [0, 0.1) is 12.3 Å². The van der Waals surface area contributed by atoms with Crippen molar-refractivity contribution in [3.63, 3.8) is 0 Å². The van der Waals surface area contributed by atoms with E-state index in [9.17, 15) is 0 Å². The monoisotopic (exact) mass is 253 g/mol. The summed E-state index contributed by atoms with van der Waals surface area (Å²) in [5, 5.41) is 5.76. The van der Waals surface area contributed by atoms with Gasteiger partial charge in [0.15, 0.2) is 0 Å². The zero-order valence-corrected chi connectivity index (χ0v) is 11.6. The molecule has 2 atom stereocenters. The molecule has 0 aliphatic heterocycles. The highest BCUT2D eigenvalue weighted by Gasteiger charge is 2.08. The lowest BCUT2D eigenvalue weighted by atomic mass is 10.0. The maximum Gasteiger partial charge on any atom is 0.119 e. The Morgan fingerprint density at radius 2 is 1.79 bits per heavy atom. The minimum Gasteiger partial charge on any atom is -0.497 e. The molecular formula is C17H19NO. The molecule has 2 unspecified atom stereocenters. The Kier molecular flexibility index (Phi) is 4.09. The fourth-order valence-corrected chi connectivity index (χ4v) is 2.16. The molecule has 0 fully saturated rings. The van der Waals surface area contributed by atoms with E-state index in [4.69, 9.17) is 11.2 Å². The molecule has 0 bridgehead atoms. The molecule has 0 spiro atoms. The largest absolute Gasteiger partial charge is 0.497 e. The SMILES string of the molecule is C#CC(C)NC(C)c1ccc2cc(OC)ccc2c1. The van der Waals surface area contributed by atoms with Crippen molar-refractivity contribution in [2.24, 2.45) is 0 Å². The van der Waals surface area contributed by atoms with Crippen LogP contribution in [-0.4, -0.2) is 13.2 Å². The molecule has 0 amide bonds. The van der Waals surface area contributed by atoms with Crippen LogP contribution < -0.4 is 10.1 Å². The van der Waals surface area contributed by atoms with E-state index in [2.05, 4.69) is 42.4 Å². The van der Waals surface area contributed by atoms with Crippen molar-refractivity contribution in [3.8, 4) is 18.1 Å². The van der Waals surface area contributed by atoms with Crippen molar-refractivity contribution >= 4 is 10.8 Å². The number of hydrogen-bond donors (Lipinski definition) is 1. The molecule has 98 valence electrons. The molecule has 0 saturated heterocycles. The van der Waals surface area contributed by atoms with Crippen molar-refractivity contribution in [2.75, 3.05) is 7.11 Å². The fraction of sp³-hybridized carbons (Fsp3) is 0.294. The summed E-state index contributed by atoms with van der Waals surface area (Å²) in [6.07, 6.45) is 5.39. The van der Waals surface area contributed by atoms with Gasteiger partial charge in [-0.25, -0.2) is 0 Å². The number of nitrogens with one attached hydrogen (secondary N) is 1. The fourth-order valence-electron chi connectivity index (χ4n) is 2.16. The van der Waals surface area contributed by atoms with Crippen molar-refractivity contribution in [3.05, 3.63) is 42.0 Å². The molecular weight excluding hydrogens is 234 g/mol. The summed E-state index contributed by atoms with van der Waals surface area (Å²) in [5.41, 5.74) is 1.24. The third-order valence-electron chi connectivity index (χ3n) is 3.32. The molecule has 2 heteroatoms. The quantitative estimate of drug-likeness (QED) is 0.842. The Bertz CT molecular complexity index is 612. The van der Waals surface area contributed by atoms with Crippen LogP contribution in [0.2, 0.25) is 0 Å². The smallest absolute Gasteiger partial charge is 0.119 e. The molecule has 2 nitrogen and oxygen atoms in total. The molecule has 0 aliphatic rings. The van der Waals surface area contributed by atoms with Gasteiger partial charge in [-0.2, -0.15) is 0 Å². The number of hydrogen-bond acceptors (Lipinski definition) is 2. The molecule has 0 aliphatic carbocycles. The van der Waals surface area contributed by atoms with E-state index in [-0.39, 0.29) is 12.1 Å². The first-order valence-electron chi connectivity index (χ1n) is 6.44. The van der Waals surface area contributed by atoms with E-state index in [1.807, 2.05) is 19.1 Å². The highest BCUT2D eigenvalue weighted by atomic mass is 16.5. The van der Waals surface area contributed by atoms with Gasteiger partial charge in [0, 0.05) is 6.04 Å². The lowest BCUT2D eigenvalue weighted by molar-refractivity contribution is 0.415. The summed E-state index contributed by atoms with van der Waals surface area (Å²) < 4.78 is 5.23. The van der Waals surface area contributed by atoms with Crippen molar-refractivity contribution in [1.29, 1.82) is 0 Å².